The van der Waals surface area contributed by atoms with E-state index in [4.69, 9.17) is 0 Å². The molecule has 0 atom stereocenters. The molecular formula is C18H19FN4O2S. The van der Waals surface area contributed by atoms with Crippen LogP contribution in [0.3, 0.4) is 0 Å². The Hall–Kier alpha value is -2.74. The van der Waals surface area contributed by atoms with Gasteiger partial charge in [-0.25, -0.2) is 9.37 Å². The Labute approximate surface area is 154 Å². The summed E-state index contributed by atoms with van der Waals surface area (Å²) < 4.78 is 15.0. The average Bonchev–Trinajstić information content (AvgIpc) is 3.11. The summed E-state index contributed by atoms with van der Waals surface area (Å²) >= 11 is 1.30. The second-order valence-electron chi connectivity index (χ2n) is 6.89. The summed E-state index contributed by atoms with van der Waals surface area (Å²) in [5.41, 5.74) is 1.23. The lowest BCUT2D eigenvalue weighted by molar-refractivity contribution is -0.121. The molecule has 1 aromatic carbocycles. The van der Waals surface area contributed by atoms with Crippen molar-refractivity contribution in [3.63, 3.8) is 0 Å². The Morgan fingerprint density at radius 1 is 1.31 bits per heavy atom. The summed E-state index contributed by atoms with van der Waals surface area (Å²) in [4.78, 5) is 29.3. The number of aromatic nitrogens is 2. The molecule has 0 radical (unpaired) electrons. The number of nitrogens with zero attached hydrogens (tertiary/aromatic N) is 2. The largest absolute Gasteiger partial charge is 0.350 e. The summed E-state index contributed by atoms with van der Waals surface area (Å²) in [6.07, 6.45) is 1.69. The molecule has 0 saturated heterocycles. The van der Waals surface area contributed by atoms with Gasteiger partial charge < -0.3 is 10.6 Å². The molecule has 2 aromatic heterocycles. The predicted molar refractivity (Wildman–Crippen MR) is 98.7 cm³/mol. The molecule has 0 bridgehead atoms. The quantitative estimate of drug-likeness (QED) is 0.737. The van der Waals surface area contributed by atoms with E-state index >= 15 is 0 Å². The minimum absolute atomic E-state index is 0.112. The van der Waals surface area contributed by atoms with Crippen LogP contribution < -0.4 is 10.6 Å². The first kappa shape index (κ1) is 18.1. The highest BCUT2D eigenvalue weighted by atomic mass is 32.1. The fourth-order valence-corrected chi connectivity index (χ4v) is 3.30. The number of amides is 2. The van der Waals surface area contributed by atoms with Crippen molar-refractivity contribution in [2.75, 3.05) is 6.54 Å². The van der Waals surface area contributed by atoms with Crippen molar-refractivity contribution in [3.8, 4) is 11.3 Å². The van der Waals surface area contributed by atoms with Gasteiger partial charge in [0.1, 0.15) is 11.5 Å². The fraction of sp³-hybridized carbons (Fsp3) is 0.278. The van der Waals surface area contributed by atoms with Crippen LogP contribution in [0.15, 0.2) is 35.8 Å². The van der Waals surface area contributed by atoms with Gasteiger partial charge in [0.2, 0.25) is 5.91 Å². The molecule has 0 aliphatic rings. The topological polar surface area (TPSA) is 75.5 Å². The SMILES string of the molecule is CC(C)(C)NC(=O)CNC(=O)c1csc2nc(-c3cccc(F)c3)cn12. The smallest absolute Gasteiger partial charge is 0.269 e. The number of fused-ring (bicyclic) bond motifs is 1. The van der Waals surface area contributed by atoms with Crippen LogP contribution in [0.4, 0.5) is 4.39 Å². The van der Waals surface area contributed by atoms with Gasteiger partial charge >= 0.3 is 0 Å². The molecule has 0 aliphatic carbocycles. The monoisotopic (exact) mass is 374 g/mol. The van der Waals surface area contributed by atoms with E-state index in [0.717, 1.165) is 0 Å². The maximum atomic E-state index is 13.4. The zero-order valence-electron chi connectivity index (χ0n) is 14.7. The van der Waals surface area contributed by atoms with Crippen molar-refractivity contribution in [1.29, 1.82) is 0 Å². The van der Waals surface area contributed by atoms with Crippen LogP contribution in [0.1, 0.15) is 31.3 Å². The molecule has 0 unspecified atom stereocenters. The van der Waals surface area contributed by atoms with E-state index in [1.807, 2.05) is 20.8 Å². The van der Waals surface area contributed by atoms with Crippen LogP contribution >= 0.6 is 11.3 Å². The molecule has 2 N–H and O–H groups in total. The van der Waals surface area contributed by atoms with E-state index in [-0.39, 0.29) is 29.7 Å². The van der Waals surface area contributed by atoms with Crippen molar-refractivity contribution in [3.05, 3.63) is 47.4 Å². The minimum atomic E-state index is -0.372. The third-order valence-electron chi connectivity index (χ3n) is 3.49. The van der Waals surface area contributed by atoms with Gasteiger partial charge in [0.25, 0.3) is 5.91 Å². The van der Waals surface area contributed by atoms with Gasteiger partial charge in [-0.3, -0.25) is 14.0 Å². The van der Waals surface area contributed by atoms with E-state index in [9.17, 15) is 14.0 Å². The molecule has 0 spiro atoms. The first-order chi connectivity index (χ1) is 12.2. The van der Waals surface area contributed by atoms with E-state index in [2.05, 4.69) is 15.6 Å². The van der Waals surface area contributed by atoms with Gasteiger partial charge in [0.15, 0.2) is 4.96 Å². The lowest BCUT2D eigenvalue weighted by atomic mass is 10.1. The fourth-order valence-electron chi connectivity index (χ4n) is 2.45. The number of nitrogens with one attached hydrogen (secondary N) is 2. The van der Waals surface area contributed by atoms with Crippen LogP contribution in [0, 0.1) is 5.82 Å². The number of halogens is 1. The molecule has 2 amide bonds. The summed E-state index contributed by atoms with van der Waals surface area (Å²) in [6, 6.07) is 6.12. The van der Waals surface area contributed by atoms with Gasteiger partial charge in [0.05, 0.1) is 12.2 Å². The molecule has 2 heterocycles. The molecular weight excluding hydrogens is 355 g/mol. The van der Waals surface area contributed by atoms with Crippen LogP contribution in [0.25, 0.3) is 16.2 Å². The highest BCUT2D eigenvalue weighted by Crippen LogP contribution is 2.24. The second kappa shape index (κ2) is 6.87. The first-order valence-electron chi connectivity index (χ1n) is 8.05. The maximum absolute atomic E-state index is 13.4. The standard InChI is InChI=1S/C18H19FN4O2S/c1-18(2,3)22-15(24)8-20-16(25)14-10-26-17-21-13(9-23(14)17)11-5-4-6-12(19)7-11/h4-7,9-10H,8H2,1-3H3,(H,20,25)(H,22,24). The van der Waals surface area contributed by atoms with Crippen molar-refractivity contribution in [1.82, 2.24) is 20.0 Å². The summed E-state index contributed by atoms with van der Waals surface area (Å²) in [7, 11) is 0. The lowest BCUT2D eigenvalue weighted by Gasteiger charge is -2.20. The highest BCUT2D eigenvalue weighted by Gasteiger charge is 2.18. The maximum Gasteiger partial charge on any atom is 0.269 e. The van der Waals surface area contributed by atoms with Gasteiger partial charge in [-0.15, -0.1) is 11.3 Å². The number of benzene rings is 1. The number of rotatable bonds is 4. The molecule has 0 aliphatic heterocycles. The lowest BCUT2D eigenvalue weighted by Crippen LogP contribution is -2.45. The van der Waals surface area contributed by atoms with Crippen molar-refractivity contribution >= 4 is 28.1 Å². The van der Waals surface area contributed by atoms with Crippen molar-refractivity contribution in [2.45, 2.75) is 26.3 Å². The Kier molecular flexibility index (Phi) is 4.78. The molecule has 0 fully saturated rings. The van der Waals surface area contributed by atoms with Gasteiger partial charge in [-0.1, -0.05) is 12.1 Å². The molecule has 6 nitrogen and oxygen atoms in total. The van der Waals surface area contributed by atoms with Crippen LogP contribution in [0.2, 0.25) is 0 Å². The highest BCUT2D eigenvalue weighted by molar-refractivity contribution is 7.15. The number of carbonyl (C=O) groups is 2. The average molecular weight is 374 g/mol. The van der Waals surface area contributed by atoms with Crippen molar-refractivity contribution in [2.24, 2.45) is 0 Å². The predicted octanol–water partition coefficient (Wildman–Crippen LogP) is 2.85. The molecule has 136 valence electrons. The Morgan fingerprint density at radius 3 is 2.77 bits per heavy atom. The van der Waals surface area contributed by atoms with Crippen LogP contribution in [0.5, 0.6) is 0 Å². The Morgan fingerprint density at radius 2 is 2.08 bits per heavy atom. The third kappa shape index (κ3) is 4.08. The van der Waals surface area contributed by atoms with Gasteiger partial charge in [-0.05, 0) is 32.9 Å². The number of imidazole rings is 1. The molecule has 8 heteroatoms. The van der Waals surface area contributed by atoms with E-state index in [1.165, 1.54) is 23.5 Å². The number of thiazole rings is 1. The minimum Gasteiger partial charge on any atom is -0.350 e. The Balaban J connectivity index is 1.76. The molecule has 26 heavy (non-hydrogen) atoms. The summed E-state index contributed by atoms with van der Waals surface area (Å²) in [5, 5.41) is 7.06. The number of hydrogen-bond donors (Lipinski definition) is 2. The molecule has 3 aromatic rings. The molecule has 3 rings (SSSR count). The number of hydrogen-bond acceptors (Lipinski definition) is 4. The summed E-state index contributed by atoms with van der Waals surface area (Å²) in [5.74, 6) is -0.978. The van der Waals surface area contributed by atoms with E-state index < -0.39 is 0 Å². The Bertz CT molecular complexity index is 971. The zero-order valence-corrected chi connectivity index (χ0v) is 15.5. The van der Waals surface area contributed by atoms with E-state index in [0.29, 0.717) is 21.9 Å². The molecule has 0 saturated carbocycles. The van der Waals surface area contributed by atoms with Crippen LogP contribution in [-0.2, 0) is 4.79 Å². The third-order valence-corrected chi connectivity index (χ3v) is 4.33. The van der Waals surface area contributed by atoms with Crippen molar-refractivity contribution < 1.29 is 14.0 Å². The summed E-state index contributed by atoms with van der Waals surface area (Å²) in [6.45, 7) is 5.50. The van der Waals surface area contributed by atoms with Gasteiger partial charge in [0, 0.05) is 22.7 Å². The first-order valence-corrected chi connectivity index (χ1v) is 8.93. The van der Waals surface area contributed by atoms with E-state index in [1.54, 1.807) is 28.1 Å². The van der Waals surface area contributed by atoms with Crippen LogP contribution in [-0.4, -0.2) is 33.3 Å². The van der Waals surface area contributed by atoms with Gasteiger partial charge in [-0.2, -0.15) is 0 Å². The normalized spacial score (nSPS) is 11.5. The number of carbonyl (C=O) groups excluding carboxylic acids is 2. The second-order valence-corrected chi connectivity index (χ2v) is 7.73. The zero-order chi connectivity index (χ0) is 18.9.